The highest BCUT2D eigenvalue weighted by Crippen LogP contribution is 2.40. The van der Waals surface area contributed by atoms with Crippen LogP contribution in [0, 0.1) is 0 Å². The predicted octanol–water partition coefficient (Wildman–Crippen LogP) is 4.40. The molecular weight excluding hydrogens is 231 g/mol. The monoisotopic (exact) mass is 246 g/mol. The standard InChI is InChI=1S/C8H16Cl2S2/c1-6(2)11-5-8(9,10)12-7(3)4/h6-7H,5H2,1-4H3. The summed E-state index contributed by atoms with van der Waals surface area (Å²) < 4.78 is -0.622. The molecule has 0 aromatic rings. The van der Waals surface area contributed by atoms with Crippen LogP contribution < -0.4 is 0 Å². The van der Waals surface area contributed by atoms with Crippen molar-refractivity contribution in [1.82, 2.24) is 0 Å². The number of hydrogen-bond acceptors (Lipinski definition) is 2. The highest BCUT2D eigenvalue weighted by molar-refractivity contribution is 8.06. The van der Waals surface area contributed by atoms with Gasteiger partial charge in [0.05, 0.1) is 0 Å². The van der Waals surface area contributed by atoms with E-state index >= 15 is 0 Å². The smallest absolute Gasteiger partial charge is 0.155 e. The summed E-state index contributed by atoms with van der Waals surface area (Å²) in [5, 5.41) is 1.07. The van der Waals surface area contributed by atoms with E-state index in [0.29, 0.717) is 10.5 Å². The van der Waals surface area contributed by atoms with E-state index in [2.05, 4.69) is 27.7 Å². The van der Waals surface area contributed by atoms with E-state index in [0.717, 1.165) is 5.75 Å². The van der Waals surface area contributed by atoms with Gasteiger partial charge in [-0.25, -0.2) is 0 Å². The molecule has 0 spiro atoms. The summed E-state index contributed by atoms with van der Waals surface area (Å²) in [6.45, 7) is 8.50. The zero-order valence-electron chi connectivity index (χ0n) is 7.93. The van der Waals surface area contributed by atoms with Crippen molar-refractivity contribution in [3.8, 4) is 0 Å². The molecule has 12 heavy (non-hydrogen) atoms. The number of rotatable bonds is 5. The summed E-state index contributed by atoms with van der Waals surface area (Å²) in [5.41, 5.74) is 0. The quantitative estimate of drug-likeness (QED) is 0.660. The topological polar surface area (TPSA) is 0 Å². The summed E-state index contributed by atoms with van der Waals surface area (Å²) in [7, 11) is 0. The molecule has 0 heterocycles. The predicted molar refractivity (Wildman–Crippen MR) is 64.8 cm³/mol. The van der Waals surface area contributed by atoms with Crippen molar-refractivity contribution in [2.45, 2.75) is 41.9 Å². The van der Waals surface area contributed by atoms with Gasteiger partial charge in [0.1, 0.15) is 0 Å². The number of halogens is 2. The van der Waals surface area contributed by atoms with Crippen molar-refractivity contribution in [1.29, 1.82) is 0 Å². The lowest BCUT2D eigenvalue weighted by Crippen LogP contribution is -2.15. The average Bonchev–Trinajstić information content (AvgIpc) is 1.81. The molecule has 0 nitrogen and oxygen atoms in total. The number of hydrogen-bond donors (Lipinski definition) is 0. The molecular formula is C8H16Cl2S2. The van der Waals surface area contributed by atoms with Gasteiger partial charge in [-0.2, -0.15) is 11.8 Å². The van der Waals surface area contributed by atoms with Gasteiger partial charge in [-0.15, -0.1) is 11.8 Å². The van der Waals surface area contributed by atoms with E-state index in [1.54, 1.807) is 23.5 Å². The Morgan fingerprint density at radius 3 is 1.92 bits per heavy atom. The van der Waals surface area contributed by atoms with Crippen LogP contribution in [-0.2, 0) is 0 Å². The van der Waals surface area contributed by atoms with Gasteiger partial charge >= 0.3 is 0 Å². The van der Waals surface area contributed by atoms with Crippen LogP contribution in [0.4, 0.5) is 0 Å². The molecule has 0 fully saturated rings. The van der Waals surface area contributed by atoms with Crippen LogP contribution in [0.5, 0.6) is 0 Å². The summed E-state index contributed by atoms with van der Waals surface area (Å²) in [6.07, 6.45) is 0. The van der Waals surface area contributed by atoms with Gasteiger partial charge in [-0.1, -0.05) is 50.9 Å². The Bertz CT molecular complexity index is 124. The first-order valence-corrected chi connectivity index (χ1v) is 6.69. The van der Waals surface area contributed by atoms with Gasteiger partial charge < -0.3 is 0 Å². The largest absolute Gasteiger partial charge is 0.172 e. The van der Waals surface area contributed by atoms with Crippen LogP contribution in [0.25, 0.3) is 0 Å². The summed E-state index contributed by atoms with van der Waals surface area (Å²) in [5.74, 6) is 0.788. The second-order valence-electron chi connectivity index (χ2n) is 3.16. The van der Waals surface area contributed by atoms with Gasteiger partial charge in [0, 0.05) is 11.0 Å². The van der Waals surface area contributed by atoms with Crippen LogP contribution in [0.2, 0.25) is 0 Å². The molecule has 0 aliphatic carbocycles. The van der Waals surface area contributed by atoms with Crippen molar-refractivity contribution in [3.63, 3.8) is 0 Å². The molecule has 0 saturated carbocycles. The van der Waals surface area contributed by atoms with Crippen LogP contribution in [-0.4, -0.2) is 19.9 Å². The van der Waals surface area contributed by atoms with Crippen molar-refractivity contribution < 1.29 is 0 Å². The van der Waals surface area contributed by atoms with Gasteiger partial charge in [0.15, 0.2) is 3.67 Å². The van der Waals surface area contributed by atoms with Crippen LogP contribution in [0.1, 0.15) is 27.7 Å². The Labute approximate surface area is 94.1 Å². The first kappa shape index (κ1) is 13.3. The molecule has 0 radical (unpaired) electrons. The normalized spacial score (nSPS) is 13.0. The Balaban J connectivity index is 3.71. The van der Waals surface area contributed by atoms with E-state index < -0.39 is 3.67 Å². The number of thioether (sulfide) groups is 2. The third-order valence-electron chi connectivity index (χ3n) is 0.993. The molecule has 0 rings (SSSR count). The van der Waals surface area contributed by atoms with Gasteiger partial charge in [-0.3, -0.25) is 0 Å². The molecule has 0 aromatic heterocycles. The molecule has 0 saturated heterocycles. The maximum atomic E-state index is 6.08. The van der Waals surface area contributed by atoms with E-state index in [9.17, 15) is 0 Å². The molecule has 0 atom stereocenters. The Morgan fingerprint density at radius 2 is 1.58 bits per heavy atom. The van der Waals surface area contributed by atoms with Crippen molar-refractivity contribution in [3.05, 3.63) is 0 Å². The van der Waals surface area contributed by atoms with Crippen LogP contribution in [0.3, 0.4) is 0 Å². The third kappa shape index (κ3) is 7.90. The van der Waals surface area contributed by atoms with Crippen LogP contribution in [0.15, 0.2) is 0 Å². The molecule has 4 heteroatoms. The van der Waals surface area contributed by atoms with Gasteiger partial charge in [0.25, 0.3) is 0 Å². The highest BCUT2D eigenvalue weighted by Gasteiger charge is 2.26. The minimum Gasteiger partial charge on any atom is -0.155 e. The maximum absolute atomic E-state index is 6.08. The fourth-order valence-electron chi connectivity index (χ4n) is 0.643. The molecule has 0 aliphatic heterocycles. The van der Waals surface area contributed by atoms with E-state index in [4.69, 9.17) is 23.2 Å². The first-order valence-electron chi connectivity index (χ1n) is 4.01. The van der Waals surface area contributed by atoms with E-state index in [1.807, 2.05) is 0 Å². The molecule has 0 N–H and O–H groups in total. The maximum Gasteiger partial charge on any atom is 0.172 e. The SMILES string of the molecule is CC(C)SCC(Cl)(Cl)SC(C)C. The minimum atomic E-state index is -0.622. The lowest BCUT2D eigenvalue weighted by atomic mass is 10.6. The first-order chi connectivity index (χ1) is 5.33. The third-order valence-corrected chi connectivity index (χ3v) is 4.52. The van der Waals surface area contributed by atoms with Crippen molar-refractivity contribution >= 4 is 46.7 Å². The summed E-state index contributed by atoms with van der Waals surface area (Å²) >= 11 is 15.6. The van der Waals surface area contributed by atoms with E-state index in [-0.39, 0.29) is 0 Å². The van der Waals surface area contributed by atoms with Crippen LogP contribution >= 0.6 is 46.7 Å². The molecule has 0 unspecified atom stereocenters. The van der Waals surface area contributed by atoms with E-state index in [1.165, 1.54) is 0 Å². The zero-order chi connectivity index (χ0) is 9.78. The summed E-state index contributed by atoms with van der Waals surface area (Å²) in [4.78, 5) is 0. The second-order valence-corrected chi connectivity index (χ2v) is 8.54. The van der Waals surface area contributed by atoms with Gasteiger partial charge in [-0.05, 0) is 5.25 Å². The lowest BCUT2D eigenvalue weighted by molar-refractivity contribution is 1.08. The number of alkyl halides is 2. The zero-order valence-corrected chi connectivity index (χ0v) is 11.1. The highest BCUT2D eigenvalue weighted by atomic mass is 35.5. The Morgan fingerprint density at radius 1 is 1.08 bits per heavy atom. The molecule has 0 aromatic carbocycles. The fourth-order valence-corrected chi connectivity index (χ4v) is 3.78. The molecule has 0 amide bonds. The average molecular weight is 247 g/mol. The molecule has 74 valence electrons. The van der Waals surface area contributed by atoms with Crippen molar-refractivity contribution in [2.75, 3.05) is 5.75 Å². The second kappa shape index (κ2) is 5.90. The Kier molecular flexibility index (Phi) is 6.52. The lowest BCUT2D eigenvalue weighted by Gasteiger charge is -2.21. The Hall–Kier alpha value is 1.28. The molecule has 0 aliphatic rings. The van der Waals surface area contributed by atoms with Gasteiger partial charge in [0.2, 0.25) is 0 Å². The minimum absolute atomic E-state index is 0.479. The fraction of sp³-hybridized carbons (Fsp3) is 1.00. The molecule has 0 bridgehead atoms. The van der Waals surface area contributed by atoms with Crippen molar-refractivity contribution in [2.24, 2.45) is 0 Å². The summed E-state index contributed by atoms with van der Waals surface area (Å²) in [6, 6.07) is 0.